The second-order valence-electron chi connectivity index (χ2n) is 8.86. The maximum atomic E-state index is 13.6. The number of carbonyl (C=O) groups excluding carboxylic acids is 1. The molecule has 0 saturated heterocycles. The number of fused-ring (bicyclic) bond motifs is 1. The minimum atomic E-state index is -0.362. The third-order valence-electron chi connectivity index (χ3n) is 6.56. The molecular weight excluding hydrogens is 446 g/mol. The number of rotatable bonds is 5. The topological polar surface area (TPSA) is 69.2 Å². The van der Waals surface area contributed by atoms with Gasteiger partial charge in [-0.1, -0.05) is 67.1 Å². The van der Waals surface area contributed by atoms with Gasteiger partial charge in [0.15, 0.2) is 0 Å². The highest BCUT2D eigenvalue weighted by molar-refractivity contribution is 6.31. The summed E-state index contributed by atoms with van der Waals surface area (Å²) in [5.74, 6) is 0.0198. The van der Waals surface area contributed by atoms with Crippen molar-refractivity contribution in [3.8, 4) is 17.0 Å². The molecule has 1 aromatic heterocycles. The molecule has 0 bridgehead atoms. The largest absolute Gasteiger partial charge is 0.507 e. The quantitative estimate of drug-likeness (QED) is 0.356. The standard InChI is InChI=1S/C28H26ClN3O2/c1-4-18-9-11-19(12-10-18)27-24-25(23-17(3)13-16(2)14-22(23)33)30-31-26(24)28(34)32(27)15-20-7-5-6-8-21(20)29/h5-14,27,33H,4,15H2,1-3H3,(H,30,31). The molecule has 34 heavy (non-hydrogen) atoms. The van der Waals surface area contributed by atoms with Gasteiger partial charge in [-0.25, -0.2) is 0 Å². The number of hydrogen-bond donors (Lipinski definition) is 2. The Labute approximate surface area is 204 Å². The van der Waals surface area contributed by atoms with E-state index in [1.54, 1.807) is 6.07 Å². The molecule has 2 heterocycles. The van der Waals surface area contributed by atoms with E-state index in [0.29, 0.717) is 28.5 Å². The minimum absolute atomic E-state index is 0.137. The zero-order valence-electron chi connectivity index (χ0n) is 19.4. The number of halogens is 1. The van der Waals surface area contributed by atoms with Crippen molar-refractivity contribution in [3.63, 3.8) is 0 Å². The van der Waals surface area contributed by atoms with Crippen LogP contribution in [0.15, 0.2) is 60.7 Å². The number of amides is 1. The molecule has 0 fully saturated rings. The fourth-order valence-corrected chi connectivity index (χ4v) is 5.09. The van der Waals surface area contributed by atoms with Crippen LogP contribution in [0.3, 0.4) is 0 Å². The van der Waals surface area contributed by atoms with E-state index in [0.717, 1.165) is 34.2 Å². The highest BCUT2D eigenvalue weighted by Crippen LogP contribution is 2.46. The van der Waals surface area contributed by atoms with Crippen molar-refractivity contribution in [2.24, 2.45) is 0 Å². The molecule has 3 aromatic carbocycles. The van der Waals surface area contributed by atoms with Crippen molar-refractivity contribution in [2.75, 3.05) is 0 Å². The molecule has 4 aromatic rings. The average molecular weight is 472 g/mol. The molecule has 1 aliphatic heterocycles. The molecule has 0 aliphatic carbocycles. The second-order valence-corrected chi connectivity index (χ2v) is 9.27. The average Bonchev–Trinajstić information content (AvgIpc) is 3.34. The van der Waals surface area contributed by atoms with E-state index < -0.39 is 0 Å². The number of phenolic OH excluding ortho intramolecular Hbond substituents is 1. The number of nitrogens with one attached hydrogen (secondary N) is 1. The van der Waals surface area contributed by atoms with E-state index in [9.17, 15) is 9.90 Å². The second kappa shape index (κ2) is 8.65. The van der Waals surface area contributed by atoms with Gasteiger partial charge in [0.2, 0.25) is 0 Å². The number of aromatic amines is 1. The molecule has 0 radical (unpaired) electrons. The number of nitrogens with zero attached hydrogens (tertiary/aromatic N) is 2. The Morgan fingerprint density at radius 3 is 2.50 bits per heavy atom. The van der Waals surface area contributed by atoms with Gasteiger partial charge in [-0.2, -0.15) is 5.10 Å². The summed E-state index contributed by atoms with van der Waals surface area (Å²) in [4.78, 5) is 15.5. The molecule has 0 saturated carbocycles. The fraction of sp³-hybridized carbons (Fsp3) is 0.214. The number of aromatic hydroxyl groups is 1. The van der Waals surface area contributed by atoms with Crippen LogP contribution in [0.1, 0.15) is 56.8 Å². The monoisotopic (exact) mass is 471 g/mol. The summed E-state index contributed by atoms with van der Waals surface area (Å²) in [5.41, 5.74) is 7.44. The third-order valence-corrected chi connectivity index (χ3v) is 6.93. The first kappa shape index (κ1) is 22.2. The summed E-state index contributed by atoms with van der Waals surface area (Å²) in [6.07, 6.45) is 0.936. The van der Waals surface area contributed by atoms with Crippen LogP contribution in [0.2, 0.25) is 5.02 Å². The van der Waals surface area contributed by atoms with Gasteiger partial charge in [-0.15, -0.1) is 0 Å². The highest BCUT2D eigenvalue weighted by Gasteiger charge is 2.42. The first-order chi connectivity index (χ1) is 16.4. The number of carbonyl (C=O) groups is 1. The Morgan fingerprint density at radius 1 is 1.09 bits per heavy atom. The molecule has 1 atom stereocenters. The molecule has 1 unspecified atom stereocenters. The van der Waals surface area contributed by atoms with Crippen molar-refractivity contribution >= 4 is 17.5 Å². The van der Waals surface area contributed by atoms with E-state index >= 15 is 0 Å². The highest BCUT2D eigenvalue weighted by atomic mass is 35.5. The molecule has 5 nitrogen and oxygen atoms in total. The molecule has 5 rings (SSSR count). The van der Waals surface area contributed by atoms with Crippen LogP contribution in [-0.2, 0) is 13.0 Å². The van der Waals surface area contributed by atoms with Gasteiger partial charge < -0.3 is 10.0 Å². The zero-order chi connectivity index (χ0) is 24.0. The SMILES string of the molecule is CCc1ccc(C2c3c(-c4c(C)cc(C)cc4O)n[nH]c3C(=O)N2Cc2ccccc2Cl)cc1. The van der Waals surface area contributed by atoms with Crippen molar-refractivity contribution in [1.82, 2.24) is 15.1 Å². The number of H-pyrrole nitrogens is 1. The van der Waals surface area contributed by atoms with Crippen molar-refractivity contribution in [3.05, 3.63) is 105 Å². The summed E-state index contributed by atoms with van der Waals surface area (Å²) >= 11 is 6.46. The Bertz CT molecular complexity index is 1370. The number of hydrogen-bond acceptors (Lipinski definition) is 3. The summed E-state index contributed by atoms with van der Waals surface area (Å²) in [5, 5.41) is 18.9. The molecule has 1 aliphatic rings. The fourth-order valence-electron chi connectivity index (χ4n) is 4.90. The van der Waals surface area contributed by atoms with Crippen LogP contribution in [0.4, 0.5) is 0 Å². The zero-order valence-corrected chi connectivity index (χ0v) is 20.1. The van der Waals surface area contributed by atoms with E-state index in [2.05, 4.69) is 41.4 Å². The Kier molecular flexibility index (Phi) is 5.66. The van der Waals surface area contributed by atoms with Gasteiger partial charge in [0.1, 0.15) is 17.1 Å². The van der Waals surface area contributed by atoms with Crippen LogP contribution in [0.5, 0.6) is 5.75 Å². The third kappa shape index (κ3) is 3.66. The van der Waals surface area contributed by atoms with Crippen molar-refractivity contribution < 1.29 is 9.90 Å². The van der Waals surface area contributed by atoms with Crippen molar-refractivity contribution in [1.29, 1.82) is 0 Å². The lowest BCUT2D eigenvalue weighted by molar-refractivity contribution is 0.0730. The smallest absolute Gasteiger partial charge is 0.273 e. The summed E-state index contributed by atoms with van der Waals surface area (Å²) in [6.45, 7) is 6.37. The normalized spacial score (nSPS) is 15.1. The number of benzene rings is 3. The maximum Gasteiger partial charge on any atom is 0.273 e. The van der Waals surface area contributed by atoms with Crippen LogP contribution in [-0.4, -0.2) is 26.1 Å². The molecular formula is C28H26ClN3O2. The Morgan fingerprint density at radius 2 is 1.82 bits per heavy atom. The lowest BCUT2D eigenvalue weighted by Crippen LogP contribution is -2.29. The first-order valence-corrected chi connectivity index (χ1v) is 11.8. The van der Waals surface area contributed by atoms with Gasteiger partial charge in [0.25, 0.3) is 5.91 Å². The summed E-state index contributed by atoms with van der Waals surface area (Å²) < 4.78 is 0. The number of aryl methyl sites for hydroxylation is 3. The van der Waals surface area contributed by atoms with Gasteiger partial charge >= 0.3 is 0 Å². The van der Waals surface area contributed by atoms with Crippen LogP contribution < -0.4 is 0 Å². The molecule has 2 N–H and O–H groups in total. The van der Waals surface area contributed by atoms with E-state index in [1.165, 1.54) is 5.56 Å². The minimum Gasteiger partial charge on any atom is -0.507 e. The Hall–Kier alpha value is -3.57. The van der Waals surface area contributed by atoms with Gasteiger partial charge in [-0.3, -0.25) is 9.89 Å². The first-order valence-electron chi connectivity index (χ1n) is 11.4. The lowest BCUT2D eigenvalue weighted by Gasteiger charge is -2.27. The van der Waals surface area contributed by atoms with Crippen LogP contribution in [0, 0.1) is 13.8 Å². The molecule has 1 amide bonds. The van der Waals surface area contributed by atoms with E-state index in [1.807, 2.05) is 49.1 Å². The number of aromatic nitrogens is 2. The maximum absolute atomic E-state index is 13.6. The van der Waals surface area contributed by atoms with Gasteiger partial charge in [-0.05, 0) is 60.2 Å². The predicted molar refractivity (Wildman–Crippen MR) is 134 cm³/mol. The predicted octanol–water partition coefficient (Wildman–Crippen LogP) is 6.36. The Balaban J connectivity index is 1.69. The number of phenols is 1. The van der Waals surface area contributed by atoms with Gasteiger partial charge in [0.05, 0.1) is 6.04 Å². The van der Waals surface area contributed by atoms with Crippen LogP contribution in [0.25, 0.3) is 11.3 Å². The van der Waals surface area contributed by atoms with Crippen LogP contribution >= 0.6 is 11.6 Å². The van der Waals surface area contributed by atoms with Crippen molar-refractivity contribution in [2.45, 2.75) is 39.8 Å². The molecule has 6 heteroatoms. The molecule has 172 valence electrons. The van der Waals surface area contributed by atoms with E-state index in [-0.39, 0.29) is 17.7 Å². The van der Waals surface area contributed by atoms with Gasteiger partial charge in [0, 0.05) is 22.7 Å². The summed E-state index contributed by atoms with van der Waals surface area (Å²) in [7, 11) is 0. The summed E-state index contributed by atoms with van der Waals surface area (Å²) in [6, 6.07) is 19.3. The van der Waals surface area contributed by atoms with E-state index in [4.69, 9.17) is 11.6 Å². The lowest BCUT2D eigenvalue weighted by atomic mass is 9.92. The molecule has 0 spiro atoms.